The van der Waals surface area contributed by atoms with Crippen LogP contribution in [0.4, 0.5) is 0 Å². The Morgan fingerprint density at radius 3 is 0.952 bits per heavy atom. The van der Waals surface area contributed by atoms with Gasteiger partial charge in [-0.25, -0.2) is 0 Å². The van der Waals surface area contributed by atoms with E-state index in [4.69, 9.17) is 28.4 Å². The summed E-state index contributed by atoms with van der Waals surface area (Å²) in [5.41, 5.74) is 0. The zero-order valence-corrected chi connectivity index (χ0v) is 41.8. The van der Waals surface area contributed by atoms with E-state index in [1.165, 1.54) is 193 Å². The Hall–Kier alpha value is -1.14. The summed E-state index contributed by atoms with van der Waals surface area (Å²) in [5.74, 6) is -0.111. The molecule has 1 amide bonds. The standard InChI is InChI=1S/C53H104N2O8/c1-3-5-7-9-11-13-15-17-19-21-23-25-27-29-31-33-35-54(36-34-32-30-28-26-24-22-20-18-16-14-12-10-8-6-4-2)49-52(56)50-63-51-53(57)55-37-39-58-41-43-60-45-47-62-48-46-61-44-42-59-40-38-55/h3-51H2,1-2H3. The number of ether oxygens (including phenoxy) is 6. The highest BCUT2D eigenvalue weighted by Gasteiger charge is 2.16. The highest BCUT2D eigenvalue weighted by atomic mass is 16.6. The molecule has 0 radical (unpaired) electrons. The lowest BCUT2D eigenvalue weighted by atomic mass is 10.0. The van der Waals surface area contributed by atoms with Gasteiger partial charge >= 0.3 is 0 Å². The molecule has 1 rings (SSSR count). The van der Waals surface area contributed by atoms with Gasteiger partial charge < -0.3 is 33.3 Å². The van der Waals surface area contributed by atoms with Crippen molar-refractivity contribution in [1.82, 2.24) is 9.80 Å². The van der Waals surface area contributed by atoms with E-state index in [9.17, 15) is 9.59 Å². The van der Waals surface area contributed by atoms with Crippen molar-refractivity contribution in [3.63, 3.8) is 0 Å². The van der Waals surface area contributed by atoms with Crippen LogP contribution in [0, 0.1) is 0 Å². The molecular formula is C53H104N2O8. The van der Waals surface area contributed by atoms with E-state index < -0.39 is 0 Å². The van der Waals surface area contributed by atoms with Crippen LogP contribution in [0.25, 0.3) is 0 Å². The van der Waals surface area contributed by atoms with E-state index in [0.717, 1.165) is 25.9 Å². The minimum absolute atomic E-state index is 0.0423. The number of ketones is 1. The van der Waals surface area contributed by atoms with E-state index in [-0.39, 0.29) is 24.9 Å². The van der Waals surface area contributed by atoms with Crippen LogP contribution >= 0.6 is 0 Å². The van der Waals surface area contributed by atoms with Crippen molar-refractivity contribution in [2.75, 3.05) is 112 Å². The van der Waals surface area contributed by atoms with E-state index in [1.54, 1.807) is 4.90 Å². The maximum Gasteiger partial charge on any atom is 0.248 e. The summed E-state index contributed by atoms with van der Waals surface area (Å²) >= 11 is 0. The number of Topliss-reactive ketones (excluding diaryl/α,β-unsaturated/α-hetero) is 1. The van der Waals surface area contributed by atoms with Gasteiger partial charge in [-0.2, -0.15) is 0 Å². The lowest BCUT2D eigenvalue weighted by Crippen LogP contribution is -2.40. The first-order valence-electron chi connectivity index (χ1n) is 27.2. The number of carbonyl (C=O) groups excluding carboxylic acids is 2. The van der Waals surface area contributed by atoms with Crippen LogP contribution in [-0.4, -0.2) is 133 Å². The first-order valence-corrected chi connectivity index (χ1v) is 27.2. The second-order valence-electron chi connectivity index (χ2n) is 18.4. The first-order chi connectivity index (χ1) is 31.2. The van der Waals surface area contributed by atoms with Gasteiger partial charge in [0.05, 0.1) is 72.6 Å². The predicted molar refractivity (Wildman–Crippen MR) is 262 cm³/mol. The van der Waals surface area contributed by atoms with E-state index in [0.29, 0.717) is 85.7 Å². The fourth-order valence-corrected chi connectivity index (χ4v) is 8.37. The molecule has 0 bridgehead atoms. The van der Waals surface area contributed by atoms with Gasteiger partial charge in [0.25, 0.3) is 0 Å². The molecule has 10 heteroatoms. The van der Waals surface area contributed by atoms with E-state index in [1.807, 2.05) is 0 Å². The van der Waals surface area contributed by atoms with Gasteiger partial charge in [-0.15, -0.1) is 0 Å². The van der Waals surface area contributed by atoms with Crippen molar-refractivity contribution in [2.24, 2.45) is 0 Å². The molecule has 1 fully saturated rings. The normalized spacial score (nSPS) is 15.4. The Morgan fingerprint density at radius 1 is 0.381 bits per heavy atom. The van der Waals surface area contributed by atoms with Crippen LogP contribution in [0.15, 0.2) is 0 Å². The van der Waals surface area contributed by atoms with Gasteiger partial charge in [0.15, 0.2) is 5.78 Å². The van der Waals surface area contributed by atoms with Gasteiger partial charge in [0.2, 0.25) is 5.91 Å². The largest absolute Gasteiger partial charge is 0.377 e. The molecule has 1 heterocycles. The third kappa shape index (κ3) is 44.5. The molecule has 0 aromatic carbocycles. The number of rotatable bonds is 40. The molecule has 0 saturated carbocycles. The van der Waals surface area contributed by atoms with Gasteiger partial charge in [-0.3, -0.25) is 14.5 Å². The average Bonchev–Trinajstić information content (AvgIpc) is 3.28. The second kappa shape index (κ2) is 50.3. The molecule has 0 N–H and O–H groups in total. The molecule has 0 aromatic heterocycles. The molecule has 374 valence electrons. The lowest BCUT2D eigenvalue weighted by molar-refractivity contribution is -0.139. The Morgan fingerprint density at radius 2 is 0.651 bits per heavy atom. The van der Waals surface area contributed by atoms with Gasteiger partial charge in [0, 0.05) is 13.1 Å². The monoisotopic (exact) mass is 897 g/mol. The van der Waals surface area contributed by atoms with Crippen molar-refractivity contribution >= 4 is 11.7 Å². The molecule has 0 spiro atoms. The highest BCUT2D eigenvalue weighted by Crippen LogP contribution is 2.16. The van der Waals surface area contributed by atoms with E-state index in [2.05, 4.69) is 18.7 Å². The number of carbonyl (C=O) groups is 2. The molecule has 10 nitrogen and oxygen atoms in total. The smallest absolute Gasteiger partial charge is 0.248 e. The third-order valence-corrected chi connectivity index (χ3v) is 12.4. The predicted octanol–water partition coefficient (Wildman–Crippen LogP) is 12.3. The fraction of sp³-hybridized carbons (Fsp3) is 0.962. The summed E-state index contributed by atoms with van der Waals surface area (Å²) in [6.45, 7) is 12.2. The quantitative estimate of drug-likeness (QED) is 0.0557. The summed E-state index contributed by atoms with van der Waals surface area (Å²) in [5, 5.41) is 0. The molecule has 0 atom stereocenters. The number of hydrogen-bond donors (Lipinski definition) is 0. The summed E-state index contributed by atoms with van der Waals surface area (Å²) in [4.78, 5) is 30.4. The maximum absolute atomic E-state index is 13.2. The number of hydrogen-bond acceptors (Lipinski definition) is 9. The molecule has 0 unspecified atom stereocenters. The highest BCUT2D eigenvalue weighted by molar-refractivity contribution is 5.82. The third-order valence-electron chi connectivity index (χ3n) is 12.4. The van der Waals surface area contributed by atoms with Crippen molar-refractivity contribution in [2.45, 2.75) is 219 Å². The Bertz CT molecular complexity index is 889. The van der Waals surface area contributed by atoms with Crippen LogP contribution in [0.3, 0.4) is 0 Å². The SMILES string of the molecule is CCCCCCCCCCCCCCCCCCN(CCCCCCCCCCCCCCCCCC)CC(=O)COCC(=O)N1CCOCCOCCOCCOCCOCC1. The summed E-state index contributed by atoms with van der Waals surface area (Å²) in [6.07, 6.45) is 43.5. The van der Waals surface area contributed by atoms with Gasteiger partial charge in [0.1, 0.15) is 13.2 Å². The van der Waals surface area contributed by atoms with Crippen LogP contribution in [-0.2, 0) is 38.0 Å². The summed E-state index contributed by atoms with van der Waals surface area (Å²) in [7, 11) is 0. The average molecular weight is 897 g/mol. The second-order valence-corrected chi connectivity index (χ2v) is 18.4. The first kappa shape index (κ1) is 59.9. The minimum Gasteiger partial charge on any atom is -0.377 e. The van der Waals surface area contributed by atoms with Crippen molar-refractivity contribution in [1.29, 1.82) is 0 Å². The van der Waals surface area contributed by atoms with Crippen molar-refractivity contribution < 1.29 is 38.0 Å². The zero-order valence-electron chi connectivity index (χ0n) is 41.8. The van der Waals surface area contributed by atoms with Crippen molar-refractivity contribution in [3.05, 3.63) is 0 Å². The van der Waals surface area contributed by atoms with Crippen LogP contribution in [0.5, 0.6) is 0 Å². The van der Waals surface area contributed by atoms with Crippen LogP contribution in [0.2, 0.25) is 0 Å². The molecule has 1 saturated heterocycles. The lowest BCUT2D eigenvalue weighted by Gasteiger charge is -2.23. The molecular weight excluding hydrogens is 793 g/mol. The molecule has 0 aromatic rings. The Kier molecular flexibility index (Phi) is 47.8. The molecule has 63 heavy (non-hydrogen) atoms. The number of nitrogens with zero attached hydrogens (tertiary/aromatic N) is 2. The van der Waals surface area contributed by atoms with Gasteiger partial charge in [-0.1, -0.05) is 206 Å². The molecule has 1 aliphatic rings. The summed E-state index contributed by atoms with van der Waals surface area (Å²) in [6, 6.07) is 0. The van der Waals surface area contributed by atoms with Gasteiger partial charge in [-0.05, 0) is 25.9 Å². The number of unbranched alkanes of at least 4 members (excludes halogenated alkanes) is 30. The number of amides is 1. The van der Waals surface area contributed by atoms with Crippen LogP contribution in [0.1, 0.15) is 219 Å². The topological polar surface area (TPSA) is 96.0 Å². The summed E-state index contributed by atoms with van der Waals surface area (Å²) < 4.78 is 33.8. The Labute approximate surface area is 389 Å². The maximum atomic E-state index is 13.2. The minimum atomic E-state index is -0.160. The van der Waals surface area contributed by atoms with E-state index >= 15 is 0 Å². The molecule has 1 aliphatic heterocycles. The van der Waals surface area contributed by atoms with Crippen molar-refractivity contribution in [3.8, 4) is 0 Å². The molecule has 0 aliphatic carbocycles. The van der Waals surface area contributed by atoms with Crippen LogP contribution < -0.4 is 0 Å². The Balaban J connectivity index is 2.39. The zero-order chi connectivity index (χ0) is 45.2. The fourth-order valence-electron chi connectivity index (χ4n) is 8.37.